The molecule has 0 spiro atoms. The molecule has 8 heteroatoms. The van der Waals surface area contributed by atoms with E-state index in [4.69, 9.17) is 9.84 Å². The Bertz CT molecular complexity index is 359. The Balaban J connectivity index is 2.47. The summed E-state index contributed by atoms with van der Waals surface area (Å²) in [6.07, 6.45) is -0.360. The number of nitrogens with one attached hydrogen (secondary N) is 1. The van der Waals surface area contributed by atoms with E-state index in [1.54, 1.807) is 0 Å². The van der Waals surface area contributed by atoms with Gasteiger partial charge in [-0.15, -0.1) is 0 Å². The molecule has 1 fully saturated rings. The number of methoxy groups -OCH3 is 1. The number of urea groups is 1. The van der Waals surface area contributed by atoms with Crippen molar-refractivity contribution in [2.24, 2.45) is 0 Å². The minimum absolute atomic E-state index is 0.0643. The van der Waals surface area contributed by atoms with Crippen molar-refractivity contribution in [1.82, 2.24) is 10.2 Å². The maximum absolute atomic E-state index is 11.8. The Labute approximate surface area is 110 Å². The molecule has 8 nitrogen and oxygen atoms in total. The number of carboxylic acids is 1. The highest BCUT2D eigenvalue weighted by atomic mass is 16.5. The molecule has 1 rings (SSSR count). The largest absolute Gasteiger partial charge is 0.480 e. The smallest absolute Gasteiger partial charge is 0.325 e. The van der Waals surface area contributed by atoms with E-state index in [0.717, 1.165) is 0 Å². The van der Waals surface area contributed by atoms with E-state index in [-0.39, 0.29) is 13.0 Å². The fourth-order valence-corrected chi connectivity index (χ4v) is 1.63. The molecule has 2 amide bonds. The Morgan fingerprint density at radius 2 is 2.21 bits per heavy atom. The van der Waals surface area contributed by atoms with Gasteiger partial charge in [0.1, 0.15) is 6.04 Å². The molecule has 2 atom stereocenters. The van der Waals surface area contributed by atoms with E-state index >= 15 is 0 Å². The first-order valence-corrected chi connectivity index (χ1v) is 5.90. The molecule has 1 unspecified atom stereocenters. The van der Waals surface area contributed by atoms with Crippen LogP contribution >= 0.6 is 0 Å². The van der Waals surface area contributed by atoms with Gasteiger partial charge in [-0.1, -0.05) is 0 Å². The zero-order chi connectivity index (χ0) is 14.4. The molecular weight excluding hydrogens is 256 g/mol. The minimum Gasteiger partial charge on any atom is -0.480 e. The van der Waals surface area contributed by atoms with E-state index in [2.05, 4.69) is 10.1 Å². The molecular formula is C11H18N2O6. The van der Waals surface area contributed by atoms with Gasteiger partial charge in [0.05, 0.1) is 26.2 Å². The Kier molecular flexibility index (Phi) is 5.56. The summed E-state index contributed by atoms with van der Waals surface area (Å²) in [5.74, 6) is -1.51. The predicted octanol–water partition coefficient (Wildman–Crippen LogP) is -0.567. The van der Waals surface area contributed by atoms with E-state index < -0.39 is 30.1 Å². The summed E-state index contributed by atoms with van der Waals surface area (Å²) in [5.41, 5.74) is 0. The summed E-state index contributed by atoms with van der Waals surface area (Å²) in [4.78, 5) is 35.0. The van der Waals surface area contributed by atoms with Crippen molar-refractivity contribution >= 4 is 18.0 Å². The number of rotatable bonds is 4. The van der Waals surface area contributed by atoms with Crippen molar-refractivity contribution < 1.29 is 29.0 Å². The summed E-state index contributed by atoms with van der Waals surface area (Å²) >= 11 is 0. The van der Waals surface area contributed by atoms with Crippen LogP contribution in [0.1, 0.15) is 13.3 Å². The van der Waals surface area contributed by atoms with Gasteiger partial charge in [-0.3, -0.25) is 9.59 Å². The van der Waals surface area contributed by atoms with E-state index in [9.17, 15) is 14.4 Å². The number of hydrogen-bond acceptors (Lipinski definition) is 5. The van der Waals surface area contributed by atoms with Gasteiger partial charge < -0.3 is 24.8 Å². The zero-order valence-corrected chi connectivity index (χ0v) is 10.9. The molecule has 2 N–H and O–H groups in total. The molecule has 1 saturated heterocycles. The van der Waals surface area contributed by atoms with E-state index in [1.165, 1.54) is 18.9 Å². The number of amides is 2. The number of carbonyl (C=O) groups excluding carboxylic acids is 2. The number of carbonyl (C=O) groups is 3. The Hall–Kier alpha value is -1.83. The Morgan fingerprint density at radius 3 is 2.79 bits per heavy atom. The van der Waals surface area contributed by atoms with Crippen molar-refractivity contribution in [1.29, 1.82) is 0 Å². The fraction of sp³-hybridized carbons (Fsp3) is 0.727. The lowest BCUT2D eigenvalue weighted by Crippen LogP contribution is -2.53. The summed E-state index contributed by atoms with van der Waals surface area (Å²) in [6, 6.07) is -1.44. The van der Waals surface area contributed by atoms with Crippen LogP contribution in [0.5, 0.6) is 0 Å². The van der Waals surface area contributed by atoms with Gasteiger partial charge >= 0.3 is 18.0 Å². The van der Waals surface area contributed by atoms with Crippen molar-refractivity contribution in [3.8, 4) is 0 Å². The molecule has 108 valence electrons. The zero-order valence-electron chi connectivity index (χ0n) is 10.9. The third kappa shape index (κ3) is 4.74. The molecule has 0 bridgehead atoms. The van der Waals surface area contributed by atoms with Crippen LogP contribution in [0.3, 0.4) is 0 Å². The maximum atomic E-state index is 11.8. The van der Waals surface area contributed by atoms with Crippen LogP contribution in [0.4, 0.5) is 4.79 Å². The van der Waals surface area contributed by atoms with Crippen LogP contribution in [-0.4, -0.2) is 66.9 Å². The number of carboxylic acid groups (broad SMARTS) is 1. The number of nitrogens with zero attached hydrogens (tertiary/aromatic N) is 1. The second-order valence-corrected chi connectivity index (χ2v) is 4.23. The second-order valence-electron chi connectivity index (χ2n) is 4.23. The van der Waals surface area contributed by atoms with Gasteiger partial charge in [0, 0.05) is 13.1 Å². The standard InChI is InChI=1S/C11H18N2O6/c1-7(10(15)16)12-11(17)13-3-4-19-8(6-13)5-9(14)18-2/h7-8H,3-6H2,1-2H3,(H,12,17)(H,15,16)/t7-,8?/m0/s1. The summed E-state index contributed by atoms with van der Waals surface area (Å²) in [7, 11) is 1.28. The summed E-state index contributed by atoms with van der Waals surface area (Å²) in [6.45, 7) is 2.27. The first-order chi connectivity index (χ1) is 8.93. The van der Waals surface area contributed by atoms with Crippen LogP contribution in [0.25, 0.3) is 0 Å². The maximum Gasteiger partial charge on any atom is 0.325 e. The quantitative estimate of drug-likeness (QED) is 0.665. The third-order valence-electron chi connectivity index (χ3n) is 2.76. The first-order valence-electron chi connectivity index (χ1n) is 5.90. The van der Waals surface area contributed by atoms with Crippen LogP contribution in [-0.2, 0) is 19.1 Å². The summed E-state index contributed by atoms with van der Waals surface area (Å²) < 4.78 is 9.87. The predicted molar refractivity (Wildman–Crippen MR) is 63.6 cm³/mol. The number of esters is 1. The van der Waals surface area contributed by atoms with Crippen molar-refractivity contribution in [3.63, 3.8) is 0 Å². The highest BCUT2D eigenvalue weighted by molar-refractivity contribution is 5.82. The van der Waals surface area contributed by atoms with Gasteiger partial charge in [0.25, 0.3) is 0 Å². The molecule has 0 aromatic carbocycles. The molecule has 1 aliphatic heterocycles. The highest BCUT2D eigenvalue weighted by Crippen LogP contribution is 2.09. The molecule has 0 radical (unpaired) electrons. The lowest BCUT2D eigenvalue weighted by Gasteiger charge is -2.32. The van der Waals surface area contributed by atoms with Crippen LogP contribution in [0.2, 0.25) is 0 Å². The van der Waals surface area contributed by atoms with Gasteiger partial charge in [0.15, 0.2) is 0 Å². The topological polar surface area (TPSA) is 105 Å². The first kappa shape index (κ1) is 15.2. The number of morpholine rings is 1. The lowest BCUT2D eigenvalue weighted by atomic mass is 10.2. The molecule has 0 aromatic rings. The molecule has 0 aliphatic carbocycles. The van der Waals surface area contributed by atoms with Gasteiger partial charge in [0.2, 0.25) is 0 Å². The van der Waals surface area contributed by atoms with Gasteiger partial charge in [-0.2, -0.15) is 0 Å². The average Bonchev–Trinajstić information content (AvgIpc) is 2.38. The minimum atomic E-state index is -1.10. The molecule has 0 aromatic heterocycles. The normalized spacial score (nSPS) is 20.5. The van der Waals surface area contributed by atoms with Gasteiger partial charge in [-0.25, -0.2) is 4.79 Å². The van der Waals surface area contributed by atoms with Crippen molar-refractivity contribution in [3.05, 3.63) is 0 Å². The Morgan fingerprint density at radius 1 is 1.53 bits per heavy atom. The van der Waals surface area contributed by atoms with Crippen LogP contribution in [0.15, 0.2) is 0 Å². The average molecular weight is 274 g/mol. The van der Waals surface area contributed by atoms with Crippen LogP contribution < -0.4 is 5.32 Å². The molecule has 0 saturated carbocycles. The van der Waals surface area contributed by atoms with Crippen molar-refractivity contribution in [2.75, 3.05) is 26.8 Å². The second kappa shape index (κ2) is 6.93. The van der Waals surface area contributed by atoms with E-state index in [1.807, 2.05) is 0 Å². The third-order valence-corrected chi connectivity index (χ3v) is 2.76. The van der Waals surface area contributed by atoms with E-state index in [0.29, 0.717) is 13.2 Å². The number of ether oxygens (including phenoxy) is 2. The SMILES string of the molecule is COC(=O)CC1CN(C(=O)N[C@@H](C)C(=O)O)CCO1. The molecule has 19 heavy (non-hydrogen) atoms. The van der Waals surface area contributed by atoms with Crippen LogP contribution in [0, 0.1) is 0 Å². The molecule has 1 aliphatic rings. The van der Waals surface area contributed by atoms with Gasteiger partial charge in [-0.05, 0) is 6.92 Å². The van der Waals surface area contributed by atoms with Crippen molar-refractivity contribution in [2.45, 2.75) is 25.5 Å². The monoisotopic (exact) mass is 274 g/mol. The lowest BCUT2D eigenvalue weighted by molar-refractivity contribution is -0.145. The highest BCUT2D eigenvalue weighted by Gasteiger charge is 2.27. The molecule has 1 heterocycles. The number of aliphatic carboxylic acids is 1. The number of hydrogen-bond donors (Lipinski definition) is 2. The summed E-state index contributed by atoms with van der Waals surface area (Å²) in [5, 5.41) is 11.1. The fourth-order valence-electron chi connectivity index (χ4n) is 1.63.